The van der Waals surface area contributed by atoms with Gasteiger partial charge in [0.05, 0.1) is 29.1 Å². The van der Waals surface area contributed by atoms with Crippen molar-refractivity contribution >= 4 is 29.1 Å². The van der Waals surface area contributed by atoms with Crippen LogP contribution in [0, 0.1) is 0 Å². The molecule has 0 spiro atoms. The average molecular weight is 448 g/mol. The average Bonchev–Trinajstić information content (AvgIpc) is 3.24. The number of aromatic nitrogens is 3. The van der Waals surface area contributed by atoms with Crippen molar-refractivity contribution in [3.63, 3.8) is 0 Å². The normalized spacial score (nSPS) is 12.8. The largest absolute Gasteiger partial charge is 0.346 e. The second kappa shape index (κ2) is 9.62. The third kappa shape index (κ3) is 4.78. The van der Waals surface area contributed by atoms with E-state index in [2.05, 4.69) is 20.8 Å². The van der Waals surface area contributed by atoms with Gasteiger partial charge in [0.15, 0.2) is 11.5 Å². The van der Waals surface area contributed by atoms with Crippen molar-refractivity contribution in [2.45, 2.75) is 25.4 Å². The van der Waals surface area contributed by atoms with Crippen LogP contribution in [0.3, 0.4) is 0 Å². The number of pyridine rings is 1. The summed E-state index contributed by atoms with van der Waals surface area (Å²) in [6.45, 7) is 1.85. The molecule has 0 aliphatic rings. The number of amides is 2. The number of benzene rings is 2. The van der Waals surface area contributed by atoms with Gasteiger partial charge in [-0.15, -0.1) is 10.2 Å². The maximum Gasteiger partial charge on any atom is 0.253 e. The van der Waals surface area contributed by atoms with E-state index in [0.717, 1.165) is 5.56 Å². The van der Waals surface area contributed by atoms with Gasteiger partial charge in [0, 0.05) is 6.20 Å². The highest BCUT2D eigenvalue weighted by molar-refractivity contribution is 6.33. The van der Waals surface area contributed by atoms with Crippen molar-refractivity contribution < 1.29 is 9.59 Å². The molecule has 0 bridgehead atoms. The monoisotopic (exact) mass is 447 g/mol. The second-order valence-electron chi connectivity index (χ2n) is 7.40. The fraction of sp³-hybridized carbons (Fsp3) is 0.167. The Balaban J connectivity index is 1.50. The van der Waals surface area contributed by atoms with Crippen molar-refractivity contribution in [1.82, 2.24) is 25.2 Å². The SMILES string of the molecule is C[C@H](NC(=O)C[C@@H](NC(=O)c1ccccc1Cl)c1ccccc1)c1nnc2ccccn12. The molecular weight excluding hydrogens is 426 g/mol. The third-order valence-electron chi connectivity index (χ3n) is 5.12. The fourth-order valence-corrected chi connectivity index (χ4v) is 3.75. The minimum Gasteiger partial charge on any atom is -0.346 e. The van der Waals surface area contributed by atoms with Crippen LogP contribution >= 0.6 is 11.6 Å². The molecule has 0 saturated carbocycles. The standard InChI is InChI=1S/C24H22ClN5O2/c1-16(23-29-28-21-13-7-8-14-30(21)23)26-22(31)15-20(17-9-3-2-4-10-17)27-24(32)18-11-5-6-12-19(18)25/h2-14,16,20H,15H2,1H3,(H,26,31)(H,27,32)/t16-,20+/m0/s1. The van der Waals surface area contributed by atoms with Gasteiger partial charge >= 0.3 is 0 Å². The zero-order valence-corrected chi connectivity index (χ0v) is 18.2. The van der Waals surface area contributed by atoms with Gasteiger partial charge in [-0.05, 0) is 36.8 Å². The van der Waals surface area contributed by atoms with Crippen LogP contribution in [0.5, 0.6) is 0 Å². The maximum atomic E-state index is 12.9. The van der Waals surface area contributed by atoms with Gasteiger partial charge < -0.3 is 10.6 Å². The Labute approximate surface area is 190 Å². The molecular formula is C24H22ClN5O2. The Morgan fingerprint density at radius 1 is 0.938 bits per heavy atom. The molecule has 2 N–H and O–H groups in total. The predicted molar refractivity (Wildman–Crippen MR) is 122 cm³/mol. The summed E-state index contributed by atoms with van der Waals surface area (Å²) in [5.74, 6) is 0.0672. The van der Waals surface area contributed by atoms with Gasteiger partial charge in [-0.3, -0.25) is 14.0 Å². The Hall–Kier alpha value is -3.71. The lowest BCUT2D eigenvalue weighted by Crippen LogP contribution is -2.35. The van der Waals surface area contributed by atoms with E-state index in [9.17, 15) is 9.59 Å². The molecule has 4 rings (SSSR count). The summed E-state index contributed by atoms with van der Waals surface area (Å²) in [5, 5.41) is 14.6. The van der Waals surface area contributed by atoms with Crippen LogP contribution in [0.1, 0.15) is 47.2 Å². The summed E-state index contributed by atoms with van der Waals surface area (Å²) < 4.78 is 1.83. The number of rotatable bonds is 7. The van der Waals surface area contributed by atoms with E-state index in [1.54, 1.807) is 24.3 Å². The Kier molecular flexibility index (Phi) is 6.47. The fourth-order valence-electron chi connectivity index (χ4n) is 3.52. The van der Waals surface area contributed by atoms with Crippen LogP contribution in [-0.4, -0.2) is 26.4 Å². The minimum absolute atomic E-state index is 0.0568. The van der Waals surface area contributed by atoms with E-state index < -0.39 is 6.04 Å². The molecule has 162 valence electrons. The molecule has 0 unspecified atom stereocenters. The van der Waals surface area contributed by atoms with Gasteiger partial charge in [-0.25, -0.2) is 0 Å². The summed E-state index contributed by atoms with van der Waals surface area (Å²) in [6, 6.07) is 20.9. The number of nitrogens with zero attached hydrogens (tertiary/aromatic N) is 3. The maximum absolute atomic E-state index is 12.9. The lowest BCUT2D eigenvalue weighted by molar-refractivity contribution is -0.122. The van der Waals surface area contributed by atoms with Crippen molar-refractivity contribution in [2.24, 2.45) is 0 Å². The van der Waals surface area contributed by atoms with E-state index in [-0.39, 0.29) is 24.3 Å². The number of halogens is 1. The van der Waals surface area contributed by atoms with E-state index >= 15 is 0 Å². The van der Waals surface area contributed by atoms with E-state index in [1.807, 2.05) is 66.1 Å². The zero-order valence-electron chi connectivity index (χ0n) is 17.4. The smallest absolute Gasteiger partial charge is 0.253 e. The molecule has 2 aromatic heterocycles. The molecule has 0 saturated heterocycles. The van der Waals surface area contributed by atoms with E-state index in [1.165, 1.54) is 0 Å². The van der Waals surface area contributed by atoms with Gasteiger partial charge in [-0.2, -0.15) is 0 Å². The predicted octanol–water partition coefficient (Wildman–Crippen LogP) is 4.12. The van der Waals surface area contributed by atoms with Crippen molar-refractivity contribution in [1.29, 1.82) is 0 Å². The third-order valence-corrected chi connectivity index (χ3v) is 5.45. The molecule has 2 heterocycles. The molecule has 0 aliphatic heterocycles. The number of carbonyl (C=O) groups is 2. The molecule has 0 radical (unpaired) electrons. The second-order valence-corrected chi connectivity index (χ2v) is 7.80. The van der Waals surface area contributed by atoms with E-state index in [0.29, 0.717) is 22.1 Å². The van der Waals surface area contributed by atoms with Crippen LogP contribution in [0.15, 0.2) is 79.0 Å². The first-order valence-electron chi connectivity index (χ1n) is 10.2. The zero-order chi connectivity index (χ0) is 22.5. The van der Waals surface area contributed by atoms with Crippen molar-refractivity contribution in [3.05, 3.63) is 101 Å². The summed E-state index contributed by atoms with van der Waals surface area (Å²) in [5.41, 5.74) is 1.89. The van der Waals surface area contributed by atoms with Crippen LogP contribution in [0.2, 0.25) is 5.02 Å². The highest BCUT2D eigenvalue weighted by atomic mass is 35.5. The van der Waals surface area contributed by atoms with Gasteiger partial charge in [-0.1, -0.05) is 60.1 Å². The molecule has 4 aromatic rings. The van der Waals surface area contributed by atoms with Gasteiger partial charge in [0.25, 0.3) is 5.91 Å². The van der Waals surface area contributed by atoms with Crippen LogP contribution in [0.4, 0.5) is 0 Å². The number of hydrogen-bond acceptors (Lipinski definition) is 4. The van der Waals surface area contributed by atoms with Crippen molar-refractivity contribution in [2.75, 3.05) is 0 Å². The van der Waals surface area contributed by atoms with Crippen molar-refractivity contribution in [3.8, 4) is 0 Å². The van der Waals surface area contributed by atoms with Crippen LogP contribution in [-0.2, 0) is 4.79 Å². The highest BCUT2D eigenvalue weighted by Crippen LogP contribution is 2.21. The molecule has 0 aliphatic carbocycles. The first-order chi connectivity index (χ1) is 15.5. The summed E-state index contributed by atoms with van der Waals surface area (Å²) >= 11 is 6.17. The molecule has 8 heteroatoms. The lowest BCUT2D eigenvalue weighted by Gasteiger charge is -2.21. The molecule has 7 nitrogen and oxygen atoms in total. The number of hydrogen-bond donors (Lipinski definition) is 2. The topological polar surface area (TPSA) is 88.4 Å². The first-order valence-corrected chi connectivity index (χ1v) is 10.6. The Bertz CT molecular complexity index is 1240. The lowest BCUT2D eigenvalue weighted by atomic mass is 10.0. The highest BCUT2D eigenvalue weighted by Gasteiger charge is 2.22. The molecule has 32 heavy (non-hydrogen) atoms. The number of fused-ring (bicyclic) bond motifs is 1. The summed E-state index contributed by atoms with van der Waals surface area (Å²) in [4.78, 5) is 25.7. The van der Waals surface area contributed by atoms with Gasteiger partial charge in [0.2, 0.25) is 5.91 Å². The van der Waals surface area contributed by atoms with Crippen LogP contribution < -0.4 is 10.6 Å². The molecule has 0 fully saturated rings. The Morgan fingerprint density at radius 2 is 1.66 bits per heavy atom. The van der Waals surface area contributed by atoms with Crippen LogP contribution in [0.25, 0.3) is 5.65 Å². The first kappa shape index (κ1) is 21.5. The van der Waals surface area contributed by atoms with Gasteiger partial charge in [0.1, 0.15) is 0 Å². The minimum atomic E-state index is -0.526. The van der Waals surface area contributed by atoms with E-state index in [4.69, 9.17) is 11.6 Å². The quantitative estimate of drug-likeness (QED) is 0.446. The summed E-state index contributed by atoms with van der Waals surface area (Å²) in [6.07, 6.45) is 1.91. The molecule has 2 amide bonds. The Morgan fingerprint density at radius 3 is 2.44 bits per heavy atom. The number of nitrogens with one attached hydrogen (secondary N) is 2. The summed E-state index contributed by atoms with van der Waals surface area (Å²) in [7, 11) is 0. The number of carbonyl (C=O) groups excluding carboxylic acids is 2. The molecule has 2 atom stereocenters. The molecule has 2 aromatic carbocycles.